The molecule has 1 saturated heterocycles. The number of nitrogens with zero attached hydrogens (tertiary/aromatic N) is 2. The van der Waals surface area contributed by atoms with Crippen LogP contribution in [-0.2, 0) is 4.79 Å². The zero-order valence-corrected chi connectivity index (χ0v) is 15.9. The van der Waals surface area contributed by atoms with Crippen molar-refractivity contribution in [2.24, 2.45) is 0 Å². The smallest absolute Gasteiger partial charge is 0.224 e. The Morgan fingerprint density at radius 1 is 1.17 bits per heavy atom. The van der Waals surface area contributed by atoms with Crippen LogP contribution >= 0.6 is 11.8 Å². The summed E-state index contributed by atoms with van der Waals surface area (Å²) >= 11 is 1.73. The Morgan fingerprint density at radius 3 is 2.17 bits per heavy atom. The average molecular weight is 334 g/mol. The molecule has 0 saturated carbocycles. The first-order valence-electron chi connectivity index (χ1n) is 8.32. The Labute approximate surface area is 145 Å². The molecule has 1 heterocycles. The van der Waals surface area contributed by atoms with Gasteiger partial charge in [0.2, 0.25) is 5.91 Å². The van der Waals surface area contributed by atoms with E-state index in [0.717, 1.165) is 38.2 Å². The number of rotatable bonds is 5. The number of piperidine rings is 1. The number of amides is 1. The van der Waals surface area contributed by atoms with Crippen molar-refractivity contribution in [1.82, 2.24) is 4.90 Å². The van der Waals surface area contributed by atoms with Crippen molar-refractivity contribution >= 4 is 23.4 Å². The summed E-state index contributed by atoms with van der Waals surface area (Å²) in [6.45, 7) is 11.5. The van der Waals surface area contributed by atoms with Crippen molar-refractivity contribution in [3.8, 4) is 0 Å². The van der Waals surface area contributed by atoms with Gasteiger partial charge < -0.3 is 9.80 Å². The minimum atomic E-state index is -0.0924. The molecule has 0 atom stereocenters. The molecule has 0 aromatic heterocycles. The normalized spacial score (nSPS) is 18.2. The minimum Gasteiger partial charge on any atom is -0.307 e. The predicted octanol–water partition coefficient (Wildman–Crippen LogP) is 4.23. The van der Waals surface area contributed by atoms with Crippen LogP contribution in [0.15, 0.2) is 29.2 Å². The third kappa shape index (κ3) is 4.51. The maximum atomic E-state index is 12.4. The molecule has 0 bridgehead atoms. The van der Waals surface area contributed by atoms with E-state index in [1.807, 2.05) is 4.90 Å². The van der Waals surface area contributed by atoms with Crippen LogP contribution in [0.2, 0.25) is 0 Å². The second-order valence-electron chi connectivity index (χ2n) is 7.03. The number of carbonyl (C=O) groups is 1. The van der Waals surface area contributed by atoms with Gasteiger partial charge in [0.1, 0.15) is 0 Å². The molecule has 1 aliphatic rings. The lowest BCUT2D eigenvalue weighted by Crippen LogP contribution is -2.55. The first kappa shape index (κ1) is 18.3. The van der Waals surface area contributed by atoms with Crippen LogP contribution in [0.5, 0.6) is 0 Å². The van der Waals surface area contributed by atoms with Gasteiger partial charge >= 0.3 is 0 Å². The summed E-state index contributed by atoms with van der Waals surface area (Å²) in [7, 11) is 0. The van der Waals surface area contributed by atoms with E-state index < -0.39 is 0 Å². The largest absolute Gasteiger partial charge is 0.307 e. The second kappa shape index (κ2) is 7.71. The van der Waals surface area contributed by atoms with Gasteiger partial charge in [-0.2, -0.15) is 0 Å². The van der Waals surface area contributed by atoms with E-state index >= 15 is 0 Å². The Bertz CT molecular complexity index is 519. The van der Waals surface area contributed by atoms with E-state index in [9.17, 15) is 4.79 Å². The summed E-state index contributed by atoms with van der Waals surface area (Å²) < 4.78 is 0. The summed E-state index contributed by atoms with van der Waals surface area (Å²) in [5.74, 6) is 1.58. The number of carbonyl (C=O) groups excluding carboxylic acids is 1. The van der Waals surface area contributed by atoms with Crippen molar-refractivity contribution in [1.29, 1.82) is 0 Å². The zero-order chi connectivity index (χ0) is 17.0. The van der Waals surface area contributed by atoms with Crippen molar-refractivity contribution in [3.63, 3.8) is 0 Å². The van der Waals surface area contributed by atoms with Crippen molar-refractivity contribution < 1.29 is 4.79 Å². The van der Waals surface area contributed by atoms with Gasteiger partial charge in [0.15, 0.2) is 0 Å². The fourth-order valence-electron chi connectivity index (χ4n) is 3.47. The number of anilines is 1. The quantitative estimate of drug-likeness (QED) is 0.753. The van der Waals surface area contributed by atoms with Crippen molar-refractivity contribution in [2.75, 3.05) is 30.8 Å². The minimum absolute atomic E-state index is 0.0924. The Hall–Kier alpha value is -1.00. The van der Waals surface area contributed by atoms with Crippen LogP contribution in [0, 0.1) is 5.92 Å². The first-order chi connectivity index (χ1) is 10.9. The molecule has 1 aliphatic heterocycles. The molecule has 0 N–H and O–H groups in total. The topological polar surface area (TPSA) is 23.6 Å². The fraction of sp³-hybridized carbons (Fsp3) is 0.579. The molecule has 0 unspecified atom stereocenters. The van der Waals surface area contributed by atoms with Crippen LogP contribution in [0.3, 0.4) is 0 Å². The summed E-state index contributed by atoms with van der Waals surface area (Å²) in [6.07, 6.45) is 4.11. The molecular formula is C19H29N2OS. The van der Waals surface area contributed by atoms with Gasteiger partial charge in [-0.1, -0.05) is 13.8 Å². The first-order valence-corrected chi connectivity index (χ1v) is 9.54. The van der Waals surface area contributed by atoms with Gasteiger partial charge in [0.05, 0.1) is 0 Å². The van der Waals surface area contributed by atoms with Crippen molar-refractivity contribution in [2.45, 2.75) is 51.0 Å². The average Bonchev–Trinajstić information content (AvgIpc) is 2.50. The van der Waals surface area contributed by atoms with Gasteiger partial charge in [-0.25, -0.2) is 0 Å². The Kier molecular flexibility index (Phi) is 6.15. The third-order valence-corrected chi connectivity index (χ3v) is 5.40. The summed E-state index contributed by atoms with van der Waals surface area (Å²) in [5.41, 5.74) is 0.926. The van der Waals surface area contributed by atoms with Crippen LogP contribution in [0.1, 0.15) is 40.5 Å². The number of hydrogen-bond acceptors (Lipinski definition) is 3. The molecule has 1 aromatic rings. The fourth-order valence-corrected chi connectivity index (χ4v) is 3.88. The summed E-state index contributed by atoms with van der Waals surface area (Å²) in [5, 5.41) is 0. The number of hydrogen-bond donors (Lipinski definition) is 0. The lowest BCUT2D eigenvalue weighted by Gasteiger charge is -2.46. The molecule has 0 aliphatic carbocycles. The number of benzene rings is 1. The van der Waals surface area contributed by atoms with E-state index in [-0.39, 0.29) is 11.4 Å². The number of likely N-dealkylation sites (tertiary alicyclic amines) is 1. The standard InChI is InChI=1S/C19H29N2OS/c1-15(2)14-20-12-10-19(4,11-13-20)21(16(3)22)17-6-8-18(23-5)9-7-17/h6-9H,10-14H2,1-5H3. The Balaban J connectivity index is 2.15. The SMILES string of the molecule is CSc1ccc(N(C(C)=O)C2(C)CCN(C[C](C)C)CC2)cc1. The van der Waals surface area contributed by atoms with Gasteiger partial charge in [0.25, 0.3) is 0 Å². The molecule has 23 heavy (non-hydrogen) atoms. The highest BCUT2D eigenvalue weighted by molar-refractivity contribution is 7.98. The van der Waals surface area contributed by atoms with Gasteiger partial charge in [-0.3, -0.25) is 4.79 Å². The van der Waals surface area contributed by atoms with Crippen LogP contribution < -0.4 is 4.90 Å². The highest BCUT2D eigenvalue weighted by Crippen LogP contribution is 2.34. The van der Waals surface area contributed by atoms with E-state index in [1.165, 1.54) is 10.8 Å². The molecule has 127 valence electrons. The number of thioether (sulfide) groups is 1. The molecule has 3 nitrogen and oxygen atoms in total. The van der Waals surface area contributed by atoms with Crippen LogP contribution in [0.4, 0.5) is 5.69 Å². The second-order valence-corrected chi connectivity index (χ2v) is 7.91. The molecule has 4 heteroatoms. The third-order valence-electron chi connectivity index (χ3n) is 4.66. The predicted molar refractivity (Wildman–Crippen MR) is 100 cm³/mol. The molecular weight excluding hydrogens is 304 g/mol. The van der Waals surface area contributed by atoms with Crippen LogP contribution in [-0.4, -0.2) is 42.2 Å². The van der Waals surface area contributed by atoms with E-state index in [2.05, 4.69) is 56.2 Å². The lowest BCUT2D eigenvalue weighted by atomic mass is 9.86. The summed E-state index contributed by atoms with van der Waals surface area (Å²) in [4.78, 5) is 18.1. The Morgan fingerprint density at radius 2 is 1.74 bits per heavy atom. The highest BCUT2D eigenvalue weighted by atomic mass is 32.2. The molecule has 1 radical (unpaired) electrons. The van der Waals surface area contributed by atoms with E-state index in [4.69, 9.17) is 0 Å². The van der Waals surface area contributed by atoms with Crippen LogP contribution in [0.25, 0.3) is 0 Å². The highest BCUT2D eigenvalue weighted by Gasteiger charge is 2.38. The summed E-state index contributed by atoms with van der Waals surface area (Å²) in [6, 6.07) is 8.36. The van der Waals surface area contributed by atoms with Gasteiger partial charge in [-0.15, -0.1) is 11.8 Å². The van der Waals surface area contributed by atoms with E-state index in [1.54, 1.807) is 18.7 Å². The zero-order valence-electron chi connectivity index (χ0n) is 15.1. The molecule has 0 spiro atoms. The molecule has 1 aromatic carbocycles. The van der Waals surface area contributed by atoms with E-state index in [0.29, 0.717) is 0 Å². The molecule has 1 amide bonds. The molecule has 1 fully saturated rings. The van der Waals surface area contributed by atoms with Gasteiger partial charge in [0, 0.05) is 42.7 Å². The van der Waals surface area contributed by atoms with Crippen molar-refractivity contribution in [3.05, 3.63) is 30.2 Å². The monoisotopic (exact) mass is 333 g/mol. The maximum Gasteiger partial charge on any atom is 0.224 e. The molecule has 2 rings (SSSR count). The van der Waals surface area contributed by atoms with Gasteiger partial charge in [-0.05, 0) is 56.2 Å². The maximum absolute atomic E-state index is 12.4. The lowest BCUT2D eigenvalue weighted by molar-refractivity contribution is -0.118.